The van der Waals surface area contributed by atoms with E-state index < -0.39 is 60.7 Å². The van der Waals surface area contributed by atoms with E-state index in [9.17, 15) is 26.4 Å². The maximum absolute atomic E-state index is 14.0. The van der Waals surface area contributed by atoms with Crippen LogP contribution >= 0.6 is 0 Å². The lowest BCUT2D eigenvalue weighted by Crippen LogP contribution is -2.54. The quantitative estimate of drug-likeness (QED) is 0.217. The molecule has 47 heavy (non-hydrogen) atoms. The zero-order valence-electron chi connectivity index (χ0n) is 27.8. The first-order valence-electron chi connectivity index (χ1n) is 15.9. The Bertz CT molecular complexity index is 1780. The molecular weight excluding hydrogens is 641 g/mol. The van der Waals surface area contributed by atoms with Gasteiger partial charge < -0.3 is 15.4 Å². The van der Waals surface area contributed by atoms with Crippen molar-refractivity contribution in [2.75, 3.05) is 18.6 Å². The monoisotopic (exact) mass is 686 g/mol. The van der Waals surface area contributed by atoms with E-state index in [0.717, 1.165) is 17.2 Å². The predicted octanol–water partition coefficient (Wildman–Crippen LogP) is 3.49. The smallest absolute Gasteiger partial charge is 0.270 e. The first-order valence-corrected chi connectivity index (χ1v) is 19.4. The molecule has 1 fully saturated rings. The van der Waals surface area contributed by atoms with Crippen LogP contribution in [0.15, 0.2) is 66.7 Å². The van der Waals surface area contributed by atoms with E-state index in [4.69, 9.17) is 4.74 Å². The Hall–Kier alpha value is -3.39. The van der Waals surface area contributed by atoms with Crippen molar-refractivity contribution < 1.29 is 31.2 Å². The molecule has 2 heterocycles. The third kappa shape index (κ3) is 9.37. The molecule has 11 nitrogen and oxygen atoms in total. The fourth-order valence-corrected chi connectivity index (χ4v) is 7.96. The first kappa shape index (κ1) is 36.4. The number of carbonyl (C=O) groups excluding carboxylic acids is 2. The highest BCUT2D eigenvalue weighted by molar-refractivity contribution is 7.92. The Balaban J connectivity index is 1.56. The summed E-state index contributed by atoms with van der Waals surface area (Å²) in [5.41, 5.74) is 1.62. The number of hydrogen-bond donors (Lipinski definition) is 2. The molecule has 2 N–H and O–H groups in total. The third-order valence-electron chi connectivity index (χ3n) is 8.70. The van der Waals surface area contributed by atoms with Crippen molar-refractivity contribution in [3.05, 3.63) is 78.0 Å². The number of nitrogens with one attached hydrogen (secondary N) is 2. The minimum absolute atomic E-state index is 0.0911. The van der Waals surface area contributed by atoms with Gasteiger partial charge in [-0.1, -0.05) is 61.5 Å². The second-order valence-electron chi connectivity index (χ2n) is 13.0. The van der Waals surface area contributed by atoms with Crippen molar-refractivity contribution in [2.24, 2.45) is 0 Å². The number of hydrogen-bond acceptors (Lipinski definition) is 8. The Morgan fingerprint density at radius 3 is 2.26 bits per heavy atom. The van der Waals surface area contributed by atoms with E-state index in [2.05, 4.69) is 15.6 Å². The summed E-state index contributed by atoms with van der Waals surface area (Å²) in [6, 6.07) is 18.2. The summed E-state index contributed by atoms with van der Waals surface area (Å²) in [6.07, 6.45) is 0.687. The predicted molar refractivity (Wildman–Crippen MR) is 183 cm³/mol. The molecule has 256 valence electrons. The zero-order chi connectivity index (χ0) is 34.6. The number of sulfonamides is 1. The van der Waals surface area contributed by atoms with Gasteiger partial charge in [-0.25, -0.2) is 21.8 Å². The van der Waals surface area contributed by atoms with Crippen LogP contribution in [0.5, 0.6) is 0 Å². The van der Waals surface area contributed by atoms with Gasteiger partial charge >= 0.3 is 0 Å². The van der Waals surface area contributed by atoms with Gasteiger partial charge in [0.1, 0.15) is 17.8 Å². The number of fused-ring (bicyclic) bond motifs is 1. The number of nitrogens with zero attached hydrogens (tertiary/aromatic N) is 2. The lowest BCUT2D eigenvalue weighted by Gasteiger charge is -2.29. The summed E-state index contributed by atoms with van der Waals surface area (Å²) in [5, 5.41) is 6.60. The Labute approximate surface area is 278 Å². The van der Waals surface area contributed by atoms with Gasteiger partial charge in [-0.2, -0.15) is 4.31 Å². The van der Waals surface area contributed by atoms with E-state index in [-0.39, 0.29) is 30.3 Å². The summed E-state index contributed by atoms with van der Waals surface area (Å²) in [6.45, 7) is 8.87. The van der Waals surface area contributed by atoms with Crippen LogP contribution in [0.2, 0.25) is 0 Å². The van der Waals surface area contributed by atoms with Crippen molar-refractivity contribution >= 4 is 42.6 Å². The van der Waals surface area contributed by atoms with E-state index in [1.54, 1.807) is 25.1 Å². The van der Waals surface area contributed by atoms with Crippen LogP contribution in [-0.4, -0.2) is 91.6 Å². The first-order chi connectivity index (χ1) is 22.0. The molecule has 1 aromatic heterocycles. The van der Waals surface area contributed by atoms with E-state index in [1.807, 2.05) is 62.4 Å². The summed E-state index contributed by atoms with van der Waals surface area (Å²) in [5.74, 6) is -1.28. The average Bonchev–Trinajstić information content (AvgIpc) is 3.79. The lowest BCUT2D eigenvalue weighted by atomic mass is 9.98. The summed E-state index contributed by atoms with van der Waals surface area (Å²) >= 11 is 0. The number of epoxide rings is 1. The molecule has 4 atom stereocenters. The molecule has 4 rings (SSSR count). The minimum atomic E-state index is -3.62. The van der Waals surface area contributed by atoms with E-state index in [1.165, 1.54) is 18.2 Å². The second kappa shape index (κ2) is 14.8. The molecule has 13 heteroatoms. The Morgan fingerprint density at radius 2 is 1.62 bits per heavy atom. The van der Waals surface area contributed by atoms with Gasteiger partial charge in [0.15, 0.2) is 9.84 Å². The number of rotatable bonds is 16. The number of ether oxygens (including phenoxy) is 1. The van der Waals surface area contributed by atoms with Crippen molar-refractivity contribution in [1.82, 2.24) is 19.9 Å². The van der Waals surface area contributed by atoms with Crippen molar-refractivity contribution in [3.63, 3.8) is 0 Å². The number of carbonyl (C=O) groups is 2. The maximum Gasteiger partial charge on any atom is 0.270 e. The van der Waals surface area contributed by atoms with Crippen molar-refractivity contribution in [2.45, 2.75) is 89.0 Å². The van der Waals surface area contributed by atoms with E-state index in [0.29, 0.717) is 18.5 Å². The number of benzene rings is 2. The lowest BCUT2D eigenvalue weighted by molar-refractivity contribution is -0.124. The molecule has 3 aromatic rings. The normalized spacial score (nSPS) is 18.2. The highest BCUT2D eigenvalue weighted by Crippen LogP contribution is 2.31. The molecule has 0 aliphatic carbocycles. The van der Waals surface area contributed by atoms with E-state index >= 15 is 0 Å². The van der Waals surface area contributed by atoms with Crippen molar-refractivity contribution in [3.8, 4) is 0 Å². The molecule has 1 aliphatic heterocycles. The highest BCUT2D eigenvalue weighted by Gasteiger charge is 2.47. The van der Waals surface area contributed by atoms with Crippen LogP contribution in [0.4, 0.5) is 0 Å². The van der Waals surface area contributed by atoms with Gasteiger partial charge in [-0.3, -0.25) is 9.59 Å². The molecular formula is C34H46N4O7S2. The fourth-order valence-electron chi connectivity index (χ4n) is 5.69. The molecule has 1 saturated heterocycles. The maximum atomic E-state index is 14.0. The van der Waals surface area contributed by atoms with Gasteiger partial charge in [0.25, 0.3) is 5.91 Å². The zero-order valence-corrected chi connectivity index (χ0v) is 29.5. The molecule has 0 saturated carbocycles. The minimum Gasteiger partial charge on any atom is -0.367 e. The van der Waals surface area contributed by atoms with Gasteiger partial charge in [0, 0.05) is 24.2 Å². The van der Waals surface area contributed by atoms with Gasteiger partial charge in [-0.15, -0.1) is 0 Å². The van der Waals surface area contributed by atoms with Crippen LogP contribution in [0, 0.1) is 0 Å². The number of sulfone groups is 1. The standard InChI is InChI=1S/C34H46N4O7S2/c1-7-38(23(2)3)47(43,44)20-19-30-31(45-30)28(21-24-13-9-8-10-14-24)36-33(40)29(22-34(4,5)46(6,41)42)37-32(39)27-18-17-25-15-11-12-16-26(25)35-27/h8-18,23,28-31H,7,19-22H2,1-6H3,(H,36,40)(H,37,39)/t28-,29-,30-,31+/m0/s1. The third-order valence-corrected chi connectivity index (χ3v) is 13.0. The van der Waals surface area contributed by atoms with Crippen LogP contribution in [0.25, 0.3) is 10.9 Å². The number of aromatic nitrogens is 1. The van der Waals surface area contributed by atoms with Crippen LogP contribution < -0.4 is 10.6 Å². The molecule has 0 spiro atoms. The molecule has 2 aromatic carbocycles. The number of amides is 2. The molecule has 2 amide bonds. The van der Waals surface area contributed by atoms with Gasteiger partial charge in [0.2, 0.25) is 15.9 Å². The van der Waals surface area contributed by atoms with Crippen LogP contribution in [-0.2, 0) is 35.8 Å². The molecule has 0 unspecified atom stereocenters. The summed E-state index contributed by atoms with van der Waals surface area (Å²) < 4.78 is 57.4. The fraction of sp³-hybridized carbons (Fsp3) is 0.500. The SMILES string of the molecule is CCN(C(C)C)S(=O)(=O)CC[C@@H]1O[C@@H]1[C@H](Cc1ccccc1)NC(=O)[C@H](CC(C)(C)S(C)(=O)=O)NC(=O)c1ccc2ccccc2n1. The van der Waals surface area contributed by atoms with Crippen LogP contribution in [0.3, 0.4) is 0 Å². The summed E-state index contributed by atoms with van der Waals surface area (Å²) in [7, 11) is -7.12. The van der Waals surface area contributed by atoms with Gasteiger partial charge in [-0.05, 0) is 64.7 Å². The van der Waals surface area contributed by atoms with Gasteiger partial charge in [0.05, 0.1) is 28.2 Å². The molecule has 1 aliphatic rings. The molecule has 0 radical (unpaired) electrons. The Kier molecular flexibility index (Phi) is 11.5. The Morgan fingerprint density at radius 1 is 0.957 bits per heavy atom. The second-order valence-corrected chi connectivity index (χ2v) is 17.7. The van der Waals surface area contributed by atoms with Crippen molar-refractivity contribution in [1.29, 1.82) is 0 Å². The van der Waals surface area contributed by atoms with Crippen LogP contribution in [0.1, 0.15) is 63.5 Å². The average molecular weight is 687 g/mol. The number of para-hydroxylation sites is 1. The topological polar surface area (TPSA) is 155 Å². The largest absolute Gasteiger partial charge is 0.367 e. The molecule has 0 bridgehead atoms. The number of pyridine rings is 1. The highest BCUT2D eigenvalue weighted by atomic mass is 32.2. The summed E-state index contributed by atoms with van der Waals surface area (Å²) in [4.78, 5) is 31.9.